The topological polar surface area (TPSA) is 37.3 Å². The van der Waals surface area contributed by atoms with E-state index in [9.17, 15) is 92.6 Å². The van der Waals surface area contributed by atoms with Crippen molar-refractivity contribution in [2.24, 2.45) is 0 Å². The molecule has 0 aliphatic rings. The molecule has 0 rings (SSSR count). The monoisotopic (exact) mass is 672 g/mol. The molecule has 2 nitrogen and oxygen atoms in total. The highest BCUT2D eigenvalue weighted by Crippen LogP contribution is 2.49. The van der Waals surface area contributed by atoms with Gasteiger partial charge in [-0.2, -0.15) is 8.78 Å². The van der Waals surface area contributed by atoms with Crippen LogP contribution in [0.4, 0.5) is 87.8 Å². The molecule has 0 heterocycles. The van der Waals surface area contributed by atoms with Gasteiger partial charge in [0.15, 0.2) is 0 Å². The quantitative estimate of drug-likeness (QED) is 0.139. The van der Waals surface area contributed by atoms with Gasteiger partial charge >= 0.3 is 11.9 Å². The van der Waals surface area contributed by atoms with Gasteiger partial charge < -0.3 is 5.11 Å². The molecule has 0 aromatic heterocycles. The van der Waals surface area contributed by atoms with Crippen molar-refractivity contribution < 1.29 is 97.7 Å². The lowest BCUT2D eigenvalue weighted by molar-refractivity contribution is -0.213. The Hall–Kier alpha value is -1.93. The minimum Gasteiger partial charge on any atom is -0.477 e. The van der Waals surface area contributed by atoms with E-state index < -0.39 is 123 Å². The van der Waals surface area contributed by atoms with Gasteiger partial charge in [0, 0.05) is 0 Å². The van der Waals surface area contributed by atoms with Crippen molar-refractivity contribution in [1.82, 2.24) is 0 Å². The van der Waals surface area contributed by atoms with Crippen LogP contribution in [0.5, 0.6) is 0 Å². The summed E-state index contributed by atoms with van der Waals surface area (Å²) in [4.78, 5) is 10.1. The van der Waals surface area contributed by atoms with Gasteiger partial charge in [-0.25, -0.2) is 83.8 Å². The molecule has 0 spiro atoms. The minimum atomic E-state index is -5.62. The van der Waals surface area contributed by atoms with Gasteiger partial charge in [0.05, 0.1) is 57.8 Å². The Bertz CT molecular complexity index is 898. The van der Waals surface area contributed by atoms with Crippen LogP contribution in [-0.4, -0.2) is 70.8 Å². The van der Waals surface area contributed by atoms with Crippen molar-refractivity contribution in [1.29, 1.82) is 0 Å². The number of alkyl halides is 20. The second-order valence-corrected chi connectivity index (χ2v) is 9.87. The molecular formula is C20H20F20O2. The van der Waals surface area contributed by atoms with E-state index in [1.165, 1.54) is 0 Å². The summed E-state index contributed by atoms with van der Waals surface area (Å²) in [5, 5.41) is 8.03. The molecule has 0 atom stereocenters. The van der Waals surface area contributed by atoms with Crippen molar-refractivity contribution in [3.05, 3.63) is 0 Å². The number of aliphatic carboxylic acids is 1. The summed E-state index contributed by atoms with van der Waals surface area (Å²) in [6, 6.07) is 0. The van der Waals surface area contributed by atoms with E-state index in [1.807, 2.05) is 0 Å². The number of carboxylic acids is 1. The van der Waals surface area contributed by atoms with Crippen LogP contribution >= 0.6 is 0 Å². The van der Waals surface area contributed by atoms with E-state index in [1.54, 1.807) is 0 Å². The lowest BCUT2D eigenvalue weighted by atomic mass is 9.92. The van der Waals surface area contributed by atoms with Crippen molar-refractivity contribution in [2.45, 2.75) is 118 Å². The standard InChI is InChI=1S/C20H20F20O2/c21-10(22)1-12(23,24)2-13(25,26)3-14(27,28)4-15(29,30)5-16(31,32)6-17(33,34)7-18(35,36)8-19(37,38)9-20(39,40)11(41)42/h10H,1-9H2,(H,41,42). The number of hydrogen-bond donors (Lipinski definition) is 1. The molecule has 0 saturated heterocycles. The van der Waals surface area contributed by atoms with Gasteiger partial charge in [0.25, 0.3) is 47.4 Å². The predicted molar refractivity (Wildman–Crippen MR) is 99.7 cm³/mol. The van der Waals surface area contributed by atoms with E-state index in [0.29, 0.717) is 0 Å². The Labute approximate surface area is 222 Å². The molecule has 0 aromatic rings. The summed E-state index contributed by atoms with van der Waals surface area (Å²) >= 11 is 0. The normalized spacial score (nSPS) is 15.5. The van der Waals surface area contributed by atoms with Gasteiger partial charge in [-0.3, -0.25) is 0 Å². The number of halogens is 20. The molecule has 22 heteroatoms. The van der Waals surface area contributed by atoms with E-state index in [2.05, 4.69) is 0 Å². The Morgan fingerprint density at radius 3 is 0.786 bits per heavy atom. The summed E-state index contributed by atoms with van der Waals surface area (Å²) in [5.74, 6) is -52.1. The van der Waals surface area contributed by atoms with Crippen molar-refractivity contribution in [2.75, 3.05) is 0 Å². The molecule has 0 aliphatic carbocycles. The molecule has 42 heavy (non-hydrogen) atoms. The number of hydrogen-bond acceptors (Lipinski definition) is 1. The first-order valence-corrected chi connectivity index (χ1v) is 10.9. The summed E-state index contributed by atoms with van der Waals surface area (Å²) in [5.41, 5.74) is 0. The molecule has 0 unspecified atom stereocenters. The summed E-state index contributed by atoms with van der Waals surface area (Å²) in [7, 11) is 0. The fourth-order valence-electron chi connectivity index (χ4n) is 3.78. The largest absolute Gasteiger partial charge is 0.477 e. The highest BCUT2D eigenvalue weighted by Gasteiger charge is 2.59. The average Bonchev–Trinajstić information content (AvgIpc) is 2.49. The molecule has 0 radical (unpaired) electrons. The minimum absolute atomic E-state index is 2.55. The van der Waals surface area contributed by atoms with Gasteiger partial charge in [0.2, 0.25) is 6.43 Å². The van der Waals surface area contributed by atoms with Gasteiger partial charge in [-0.05, 0) is 0 Å². The maximum atomic E-state index is 13.8. The summed E-state index contributed by atoms with van der Waals surface area (Å²) in [6.45, 7) is 0. The van der Waals surface area contributed by atoms with Crippen LogP contribution in [-0.2, 0) is 4.79 Å². The molecule has 0 saturated carbocycles. The third-order valence-corrected chi connectivity index (χ3v) is 4.87. The summed E-state index contributed by atoms with van der Waals surface area (Å²) < 4.78 is 267. The Morgan fingerprint density at radius 2 is 0.595 bits per heavy atom. The Kier molecular flexibility index (Phi) is 12.0. The van der Waals surface area contributed by atoms with Crippen LogP contribution in [0.2, 0.25) is 0 Å². The molecule has 1 N–H and O–H groups in total. The predicted octanol–water partition coefficient (Wildman–Crippen LogP) is 9.56. The maximum absolute atomic E-state index is 13.8. The molecule has 0 fully saturated rings. The fraction of sp³-hybridized carbons (Fsp3) is 0.950. The van der Waals surface area contributed by atoms with E-state index in [4.69, 9.17) is 5.11 Å². The first-order valence-electron chi connectivity index (χ1n) is 10.9. The average molecular weight is 672 g/mol. The van der Waals surface area contributed by atoms with Crippen LogP contribution in [0.3, 0.4) is 0 Å². The van der Waals surface area contributed by atoms with Crippen molar-refractivity contribution in [3.8, 4) is 0 Å². The summed E-state index contributed by atoms with van der Waals surface area (Å²) in [6.07, 6.45) is -32.5. The van der Waals surface area contributed by atoms with E-state index in [0.717, 1.165) is 0 Å². The molecule has 0 bridgehead atoms. The fourth-order valence-corrected chi connectivity index (χ4v) is 3.78. The van der Waals surface area contributed by atoms with Crippen LogP contribution < -0.4 is 0 Å². The molecule has 0 aliphatic heterocycles. The van der Waals surface area contributed by atoms with Gasteiger partial charge in [-0.1, -0.05) is 0 Å². The zero-order valence-electron chi connectivity index (χ0n) is 20.4. The highest BCUT2D eigenvalue weighted by molar-refractivity contribution is 5.75. The van der Waals surface area contributed by atoms with Gasteiger partial charge in [0.1, 0.15) is 0 Å². The molecule has 0 amide bonds. The number of carbonyl (C=O) groups is 1. The molecular weight excluding hydrogens is 652 g/mol. The molecule has 252 valence electrons. The third kappa shape index (κ3) is 16.1. The van der Waals surface area contributed by atoms with Crippen LogP contribution in [0.15, 0.2) is 0 Å². The zero-order chi connectivity index (χ0) is 34.0. The lowest BCUT2D eigenvalue weighted by Crippen LogP contribution is -2.43. The Morgan fingerprint density at radius 1 is 0.405 bits per heavy atom. The van der Waals surface area contributed by atoms with Crippen LogP contribution in [0.25, 0.3) is 0 Å². The first kappa shape index (κ1) is 40.1. The third-order valence-electron chi connectivity index (χ3n) is 4.87. The highest BCUT2D eigenvalue weighted by atomic mass is 19.3. The first-order chi connectivity index (χ1) is 18.0. The number of carboxylic acid groups (broad SMARTS) is 1. The lowest BCUT2D eigenvalue weighted by Gasteiger charge is -2.32. The molecule has 0 aromatic carbocycles. The van der Waals surface area contributed by atoms with Crippen molar-refractivity contribution in [3.63, 3.8) is 0 Å². The van der Waals surface area contributed by atoms with Crippen LogP contribution in [0, 0.1) is 0 Å². The SMILES string of the molecule is O=C(O)C(F)(F)CC(F)(F)CC(F)(F)CC(F)(F)CC(F)(F)CC(F)(F)CC(F)(F)CC(F)(F)CC(F)(F)CC(F)F. The Balaban J connectivity index is 5.46. The van der Waals surface area contributed by atoms with E-state index >= 15 is 0 Å². The van der Waals surface area contributed by atoms with Crippen LogP contribution in [0.1, 0.15) is 57.8 Å². The zero-order valence-corrected chi connectivity index (χ0v) is 20.4. The van der Waals surface area contributed by atoms with Gasteiger partial charge in [-0.15, -0.1) is 0 Å². The maximum Gasteiger partial charge on any atom is 0.374 e. The second-order valence-electron chi connectivity index (χ2n) is 9.87. The smallest absolute Gasteiger partial charge is 0.374 e. The van der Waals surface area contributed by atoms with Crippen molar-refractivity contribution >= 4 is 5.97 Å². The number of rotatable bonds is 19. The second kappa shape index (κ2) is 12.6. The van der Waals surface area contributed by atoms with E-state index in [-0.39, 0.29) is 0 Å².